The number of rotatable bonds is 29. The fourth-order valence-corrected chi connectivity index (χ4v) is 6.39. The highest BCUT2D eigenvalue weighted by Gasteiger charge is 1.96. The first kappa shape index (κ1) is 32.7. The number of hydrogen-bond acceptors (Lipinski definition) is 2. The fourth-order valence-electron chi connectivity index (χ4n) is 4.35. The second kappa shape index (κ2) is 31.7. The molecule has 0 nitrogen and oxygen atoms in total. The predicted molar refractivity (Wildman–Crippen MR) is 157 cm³/mol. The van der Waals surface area contributed by atoms with Gasteiger partial charge in [0.25, 0.3) is 0 Å². The van der Waals surface area contributed by atoms with Gasteiger partial charge in [0, 0.05) is 0 Å². The van der Waals surface area contributed by atoms with Gasteiger partial charge in [-0.2, -0.15) is 23.5 Å². The molecule has 0 unspecified atom stereocenters. The van der Waals surface area contributed by atoms with Crippen LogP contribution < -0.4 is 0 Å². The number of unbranched alkanes of at least 4 members (excludes halogenated alkanes) is 21. The topological polar surface area (TPSA) is 0 Å². The van der Waals surface area contributed by atoms with Crippen LogP contribution >= 0.6 is 23.5 Å². The van der Waals surface area contributed by atoms with Gasteiger partial charge in [-0.15, -0.1) is 0 Å². The third-order valence-electron chi connectivity index (χ3n) is 6.61. The molecule has 0 aliphatic heterocycles. The summed E-state index contributed by atoms with van der Waals surface area (Å²) in [7, 11) is 0. The first-order valence-corrected chi connectivity index (χ1v) is 17.4. The lowest BCUT2D eigenvalue weighted by Crippen LogP contribution is -1.89. The van der Waals surface area contributed by atoms with Gasteiger partial charge in [0.1, 0.15) is 0 Å². The average Bonchev–Trinajstić information content (AvgIpc) is 2.81. The van der Waals surface area contributed by atoms with E-state index in [2.05, 4.69) is 37.4 Å². The summed E-state index contributed by atoms with van der Waals surface area (Å²) in [6.45, 7) is 4.61. The molecule has 194 valence electrons. The van der Waals surface area contributed by atoms with Crippen LogP contribution in [0.2, 0.25) is 0 Å². The molecular formula is C30H62S2. The lowest BCUT2D eigenvalue weighted by molar-refractivity contribution is 0.555. The molecule has 0 heterocycles. The maximum Gasteiger partial charge on any atom is -0.00672 e. The van der Waals surface area contributed by atoms with E-state index in [0.717, 1.165) is 0 Å². The van der Waals surface area contributed by atoms with E-state index in [9.17, 15) is 0 Å². The Kier molecular flexibility index (Phi) is 32.4. The highest BCUT2D eigenvalue weighted by molar-refractivity contribution is 7.99. The predicted octanol–water partition coefficient (Wildman–Crippen LogP) is 11.9. The van der Waals surface area contributed by atoms with Crippen molar-refractivity contribution in [1.82, 2.24) is 0 Å². The SMILES string of the molecule is CCCCCCCCCCCCCSCCCCSCCCCCCCCCCCCC. The molecule has 0 rings (SSSR count). The Labute approximate surface area is 214 Å². The minimum Gasteiger partial charge on any atom is -0.162 e. The first-order valence-electron chi connectivity index (χ1n) is 15.1. The van der Waals surface area contributed by atoms with Gasteiger partial charge >= 0.3 is 0 Å². The third-order valence-corrected chi connectivity index (χ3v) is 8.92. The van der Waals surface area contributed by atoms with E-state index in [1.165, 1.54) is 177 Å². The van der Waals surface area contributed by atoms with Gasteiger partial charge in [0.15, 0.2) is 0 Å². The summed E-state index contributed by atoms with van der Waals surface area (Å²) in [4.78, 5) is 0. The molecule has 0 fully saturated rings. The quantitative estimate of drug-likeness (QED) is 0.0964. The van der Waals surface area contributed by atoms with Crippen molar-refractivity contribution in [2.75, 3.05) is 23.0 Å². The number of thioether (sulfide) groups is 2. The van der Waals surface area contributed by atoms with Crippen molar-refractivity contribution in [2.45, 2.75) is 168 Å². The van der Waals surface area contributed by atoms with E-state index in [4.69, 9.17) is 0 Å². The molecule has 0 aromatic heterocycles. The van der Waals surface area contributed by atoms with Crippen molar-refractivity contribution in [3.63, 3.8) is 0 Å². The molecule has 0 aliphatic rings. The van der Waals surface area contributed by atoms with Gasteiger partial charge < -0.3 is 0 Å². The normalized spacial score (nSPS) is 11.4. The Bertz CT molecular complexity index is 275. The second-order valence-electron chi connectivity index (χ2n) is 10.0. The zero-order valence-corrected chi connectivity index (χ0v) is 24.2. The van der Waals surface area contributed by atoms with E-state index in [1.54, 1.807) is 0 Å². The van der Waals surface area contributed by atoms with Crippen molar-refractivity contribution in [1.29, 1.82) is 0 Å². The summed E-state index contributed by atoms with van der Waals surface area (Å²) in [5, 5.41) is 0. The summed E-state index contributed by atoms with van der Waals surface area (Å²) in [6.07, 6.45) is 35.0. The lowest BCUT2D eigenvalue weighted by Gasteiger charge is -2.04. The van der Waals surface area contributed by atoms with Crippen molar-refractivity contribution < 1.29 is 0 Å². The van der Waals surface area contributed by atoms with Gasteiger partial charge in [-0.1, -0.05) is 142 Å². The van der Waals surface area contributed by atoms with Crippen molar-refractivity contribution >= 4 is 23.5 Å². The van der Waals surface area contributed by atoms with Crippen LogP contribution in [-0.4, -0.2) is 23.0 Å². The molecule has 0 saturated carbocycles. The third kappa shape index (κ3) is 30.7. The molecule has 0 radical (unpaired) electrons. The molecule has 0 aromatic rings. The van der Waals surface area contributed by atoms with Gasteiger partial charge in [-0.3, -0.25) is 0 Å². The standard InChI is InChI=1S/C30H62S2/c1-3-5-7-9-11-13-15-17-19-21-23-27-31-29-25-26-30-32-28-24-22-20-18-16-14-12-10-8-6-4-2/h3-30H2,1-2H3. The molecular weight excluding hydrogens is 424 g/mol. The highest BCUT2D eigenvalue weighted by atomic mass is 32.2. The van der Waals surface area contributed by atoms with E-state index in [0.29, 0.717) is 0 Å². The summed E-state index contributed by atoms with van der Waals surface area (Å²) in [5.74, 6) is 5.61. The smallest absolute Gasteiger partial charge is 0.00672 e. The van der Waals surface area contributed by atoms with Gasteiger partial charge in [-0.25, -0.2) is 0 Å². The molecule has 0 bridgehead atoms. The first-order chi connectivity index (χ1) is 15.9. The van der Waals surface area contributed by atoms with Crippen LogP contribution in [0.3, 0.4) is 0 Å². The van der Waals surface area contributed by atoms with Crippen LogP contribution in [0.5, 0.6) is 0 Å². The molecule has 0 spiro atoms. The lowest BCUT2D eigenvalue weighted by atomic mass is 10.1. The van der Waals surface area contributed by atoms with Crippen molar-refractivity contribution in [2.24, 2.45) is 0 Å². The maximum atomic E-state index is 2.30. The number of hydrogen-bond donors (Lipinski definition) is 0. The minimum atomic E-state index is 1.37. The van der Waals surface area contributed by atoms with Crippen LogP contribution in [-0.2, 0) is 0 Å². The highest BCUT2D eigenvalue weighted by Crippen LogP contribution is 2.16. The Balaban J connectivity index is 2.98. The summed E-state index contributed by atoms with van der Waals surface area (Å²) < 4.78 is 0. The van der Waals surface area contributed by atoms with Crippen molar-refractivity contribution in [3.05, 3.63) is 0 Å². The zero-order valence-electron chi connectivity index (χ0n) is 22.6. The summed E-state index contributed by atoms with van der Waals surface area (Å²) in [6, 6.07) is 0. The zero-order chi connectivity index (χ0) is 23.2. The fraction of sp³-hybridized carbons (Fsp3) is 1.00. The monoisotopic (exact) mass is 486 g/mol. The Morgan fingerprint density at radius 3 is 0.688 bits per heavy atom. The summed E-state index contributed by atoms with van der Waals surface area (Å²) in [5.41, 5.74) is 0. The molecule has 0 aromatic carbocycles. The molecule has 2 heteroatoms. The van der Waals surface area contributed by atoms with Crippen LogP contribution in [0.1, 0.15) is 168 Å². The summed E-state index contributed by atoms with van der Waals surface area (Å²) >= 11 is 4.42. The van der Waals surface area contributed by atoms with Gasteiger partial charge in [-0.05, 0) is 48.7 Å². The second-order valence-corrected chi connectivity index (χ2v) is 12.5. The van der Waals surface area contributed by atoms with E-state index >= 15 is 0 Å². The molecule has 0 amide bonds. The van der Waals surface area contributed by atoms with E-state index in [-0.39, 0.29) is 0 Å². The molecule has 32 heavy (non-hydrogen) atoms. The Morgan fingerprint density at radius 1 is 0.250 bits per heavy atom. The van der Waals surface area contributed by atoms with Crippen LogP contribution in [0.4, 0.5) is 0 Å². The van der Waals surface area contributed by atoms with Gasteiger partial charge in [0.05, 0.1) is 0 Å². The van der Waals surface area contributed by atoms with Crippen molar-refractivity contribution in [3.8, 4) is 0 Å². The maximum absolute atomic E-state index is 2.30. The Hall–Kier alpha value is 0.700. The molecule has 0 saturated heterocycles. The Morgan fingerprint density at radius 2 is 0.438 bits per heavy atom. The largest absolute Gasteiger partial charge is 0.162 e. The molecule has 0 atom stereocenters. The minimum absolute atomic E-state index is 1.37. The van der Waals surface area contributed by atoms with Crippen LogP contribution in [0.15, 0.2) is 0 Å². The molecule has 0 N–H and O–H groups in total. The van der Waals surface area contributed by atoms with E-state index < -0.39 is 0 Å². The average molecular weight is 487 g/mol. The molecule has 0 aliphatic carbocycles. The van der Waals surface area contributed by atoms with Crippen LogP contribution in [0.25, 0.3) is 0 Å². The van der Waals surface area contributed by atoms with E-state index in [1.807, 2.05) is 0 Å². The van der Waals surface area contributed by atoms with Crippen LogP contribution in [0, 0.1) is 0 Å². The van der Waals surface area contributed by atoms with Gasteiger partial charge in [0.2, 0.25) is 0 Å².